The highest BCUT2D eigenvalue weighted by Gasteiger charge is 2.48. The Morgan fingerprint density at radius 3 is 2.84 bits per heavy atom. The molecule has 0 aromatic rings. The molecule has 3 aliphatic rings. The number of allylic oxidation sites excluding steroid dienone is 2. The zero-order chi connectivity index (χ0) is 22.9. The molecule has 3 aliphatic carbocycles. The summed E-state index contributed by atoms with van der Waals surface area (Å²) in [6, 6.07) is 0. The minimum atomic E-state index is -0.367. The number of fused-ring (bicyclic) bond motifs is 2. The van der Waals surface area contributed by atoms with E-state index in [9.17, 15) is 15.0 Å². The minimum Gasteiger partial charge on any atom is -0.462 e. The van der Waals surface area contributed by atoms with Crippen molar-refractivity contribution in [2.45, 2.75) is 83.0 Å². The van der Waals surface area contributed by atoms with Crippen LogP contribution in [-0.2, 0) is 19.0 Å². The van der Waals surface area contributed by atoms with E-state index >= 15 is 0 Å². The molecule has 0 aromatic carbocycles. The number of carbonyl (C=O) groups is 1. The lowest BCUT2D eigenvalue weighted by Gasteiger charge is -2.40. The summed E-state index contributed by atoms with van der Waals surface area (Å²) in [4.78, 5) is 11.9. The highest BCUT2D eigenvalue weighted by molar-refractivity contribution is 5.70. The van der Waals surface area contributed by atoms with Crippen LogP contribution in [0.1, 0.15) is 64.7 Å². The smallest absolute Gasteiger partial charge is 0.332 e. The number of hydrogen-bond donors (Lipinski definition) is 2. The van der Waals surface area contributed by atoms with Crippen molar-refractivity contribution in [3.63, 3.8) is 0 Å². The van der Waals surface area contributed by atoms with Gasteiger partial charge in [-0.15, -0.1) is 0 Å². The van der Waals surface area contributed by atoms with Crippen LogP contribution in [0.3, 0.4) is 0 Å². The van der Waals surface area contributed by atoms with Crippen LogP contribution in [0.2, 0.25) is 0 Å². The van der Waals surface area contributed by atoms with Crippen LogP contribution in [0.15, 0.2) is 23.8 Å². The van der Waals surface area contributed by atoms with E-state index in [-0.39, 0.29) is 49.3 Å². The molecule has 182 valence electrons. The van der Waals surface area contributed by atoms with Crippen molar-refractivity contribution >= 4 is 5.97 Å². The Labute approximate surface area is 193 Å². The monoisotopic (exact) mass is 450 g/mol. The number of hydrogen-bond acceptors (Lipinski definition) is 6. The highest BCUT2D eigenvalue weighted by Crippen LogP contribution is 2.52. The summed E-state index contributed by atoms with van der Waals surface area (Å²) in [5.74, 6) is 1.11. The fourth-order valence-corrected chi connectivity index (χ4v) is 5.93. The maximum Gasteiger partial charge on any atom is 0.332 e. The molecule has 0 radical (unpaired) electrons. The molecule has 0 spiro atoms. The van der Waals surface area contributed by atoms with E-state index in [4.69, 9.17) is 14.2 Å². The molecular formula is C26H42O6. The lowest BCUT2D eigenvalue weighted by Crippen LogP contribution is -2.36. The number of rotatable bonds is 13. The topological polar surface area (TPSA) is 85.2 Å². The first-order chi connectivity index (χ1) is 15.5. The molecule has 2 N–H and O–H groups in total. The van der Waals surface area contributed by atoms with E-state index < -0.39 is 0 Å². The standard InChI is InChI=1S/C26H42O6/c1-3-4-5-8-20(27)10-11-21-22-14-18-7-6-9-25(23(18)15-19(22)16-24(21)28)32-17-26(29)31-13-12-30-2/h6-7,9,19-25,27-28H,3-5,8,10-17H2,1-2H3/t19-,20+,21+,22-,23?,24+,25?/m0/s1. The Bertz CT molecular complexity index is 644. The predicted octanol–water partition coefficient (Wildman–Crippen LogP) is 3.80. The van der Waals surface area contributed by atoms with Crippen molar-refractivity contribution in [3.05, 3.63) is 23.8 Å². The Morgan fingerprint density at radius 2 is 2.06 bits per heavy atom. The maximum atomic E-state index is 11.9. The summed E-state index contributed by atoms with van der Waals surface area (Å²) >= 11 is 0. The quantitative estimate of drug-likeness (QED) is 0.328. The van der Waals surface area contributed by atoms with Crippen LogP contribution in [0.25, 0.3) is 0 Å². The SMILES string of the molecule is CCCCC[C@@H](O)CC[C@@H]1[C@H]2CC3=CC=CC(OCC(=O)OCCOC)C3C[C@H]2C[C@H]1O. The molecule has 0 heterocycles. The number of esters is 1. The summed E-state index contributed by atoms with van der Waals surface area (Å²) < 4.78 is 15.9. The molecule has 3 rings (SSSR count). The van der Waals surface area contributed by atoms with Crippen molar-refractivity contribution < 1.29 is 29.2 Å². The largest absolute Gasteiger partial charge is 0.462 e. The summed E-state index contributed by atoms with van der Waals surface area (Å²) in [7, 11) is 1.57. The number of ether oxygens (including phenoxy) is 3. The average Bonchev–Trinajstić information content (AvgIpc) is 3.09. The van der Waals surface area contributed by atoms with Gasteiger partial charge in [-0.1, -0.05) is 50.0 Å². The van der Waals surface area contributed by atoms with Crippen LogP contribution in [0.5, 0.6) is 0 Å². The molecule has 0 saturated heterocycles. The normalized spacial score (nSPS) is 32.2. The van der Waals surface area contributed by atoms with Crippen LogP contribution < -0.4 is 0 Å². The van der Waals surface area contributed by atoms with Gasteiger partial charge in [-0.05, 0) is 56.3 Å². The molecule has 0 bridgehead atoms. The first kappa shape index (κ1) is 25.4. The van der Waals surface area contributed by atoms with Gasteiger partial charge in [0.15, 0.2) is 0 Å². The van der Waals surface area contributed by atoms with Gasteiger partial charge in [-0.25, -0.2) is 4.79 Å². The van der Waals surface area contributed by atoms with Crippen molar-refractivity contribution in [2.75, 3.05) is 26.9 Å². The second-order valence-electron chi connectivity index (χ2n) is 9.78. The van der Waals surface area contributed by atoms with E-state index in [1.165, 1.54) is 18.4 Å². The molecule has 2 unspecified atom stereocenters. The molecule has 2 fully saturated rings. The van der Waals surface area contributed by atoms with Crippen molar-refractivity contribution in [2.24, 2.45) is 23.7 Å². The highest BCUT2D eigenvalue weighted by atomic mass is 16.6. The number of aliphatic hydroxyl groups excluding tert-OH is 2. The van der Waals surface area contributed by atoms with Gasteiger partial charge in [0.25, 0.3) is 0 Å². The molecule has 0 aliphatic heterocycles. The van der Waals surface area contributed by atoms with Crippen LogP contribution in [-0.4, -0.2) is 61.4 Å². The Hall–Kier alpha value is -1.21. The van der Waals surface area contributed by atoms with Gasteiger partial charge in [0.05, 0.1) is 24.9 Å². The van der Waals surface area contributed by atoms with Gasteiger partial charge in [0.1, 0.15) is 13.2 Å². The minimum absolute atomic E-state index is 0.0578. The molecule has 6 nitrogen and oxygen atoms in total. The van der Waals surface area contributed by atoms with E-state index in [0.717, 1.165) is 44.9 Å². The molecule has 2 saturated carbocycles. The van der Waals surface area contributed by atoms with Gasteiger partial charge >= 0.3 is 5.97 Å². The third kappa shape index (κ3) is 6.89. The summed E-state index contributed by atoms with van der Waals surface area (Å²) in [5, 5.41) is 21.2. The fourth-order valence-electron chi connectivity index (χ4n) is 5.93. The van der Waals surface area contributed by atoms with Gasteiger partial charge in [-0.2, -0.15) is 0 Å². The van der Waals surface area contributed by atoms with Crippen LogP contribution >= 0.6 is 0 Å². The van der Waals surface area contributed by atoms with Crippen molar-refractivity contribution in [1.29, 1.82) is 0 Å². The maximum absolute atomic E-state index is 11.9. The van der Waals surface area contributed by atoms with Gasteiger partial charge < -0.3 is 24.4 Å². The van der Waals surface area contributed by atoms with Gasteiger partial charge in [0.2, 0.25) is 0 Å². The lowest BCUT2D eigenvalue weighted by atomic mass is 9.67. The molecule has 32 heavy (non-hydrogen) atoms. The van der Waals surface area contributed by atoms with E-state index in [2.05, 4.69) is 13.0 Å². The summed E-state index contributed by atoms with van der Waals surface area (Å²) in [6.07, 6.45) is 14.4. The number of carbonyl (C=O) groups excluding carboxylic acids is 1. The van der Waals surface area contributed by atoms with Gasteiger partial charge in [0, 0.05) is 13.0 Å². The summed E-state index contributed by atoms with van der Waals surface area (Å²) in [6.45, 7) is 2.74. The molecule has 7 atom stereocenters. The van der Waals surface area contributed by atoms with Crippen molar-refractivity contribution in [3.8, 4) is 0 Å². The van der Waals surface area contributed by atoms with Crippen LogP contribution in [0.4, 0.5) is 0 Å². The van der Waals surface area contributed by atoms with Crippen LogP contribution in [0, 0.1) is 23.7 Å². The van der Waals surface area contributed by atoms with Gasteiger partial charge in [-0.3, -0.25) is 0 Å². The zero-order valence-electron chi connectivity index (χ0n) is 19.8. The van der Waals surface area contributed by atoms with E-state index in [1.807, 2.05) is 12.2 Å². The van der Waals surface area contributed by atoms with E-state index in [0.29, 0.717) is 18.4 Å². The fraction of sp³-hybridized carbons (Fsp3) is 0.808. The Balaban J connectivity index is 1.50. The first-order valence-corrected chi connectivity index (χ1v) is 12.5. The summed E-state index contributed by atoms with van der Waals surface area (Å²) in [5.41, 5.74) is 1.37. The Morgan fingerprint density at radius 1 is 1.22 bits per heavy atom. The predicted molar refractivity (Wildman–Crippen MR) is 123 cm³/mol. The first-order valence-electron chi connectivity index (χ1n) is 12.5. The number of aliphatic hydroxyl groups is 2. The number of methoxy groups -OCH3 is 1. The second kappa shape index (κ2) is 12.9. The zero-order valence-corrected chi connectivity index (χ0v) is 19.8. The third-order valence-electron chi connectivity index (χ3n) is 7.62. The van der Waals surface area contributed by atoms with E-state index in [1.54, 1.807) is 7.11 Å². The molecule has 0 amide bonds. The number of unbranched alkanes of at least 4 members (excludes halogenated alkanes) is 2. The second-order valence-corrected chi connectivity index (χ2v) is 9.78. The van der Waals surface area contributed by atoms with Crippen molar-refractivity contribution in [1.82, 2.24) is 0 Å². The third-order valence-corrected chi connectivity index (χ3v) is 7.62. The molecule has 0 aromatic heterocycles. The molecular weight excluding hydrogens is 408 g/mol. The Kier molecular flexibility index (Phi) is 10.2. The average molecular weight is 451 g/mol. The molecule has 6 heteroatoms. The lowest BCUT2D eigenvalue weighted by molar-refractivity contribution is -0.152.